The standard InChI is InChI=1S/C25H24ClFN2O2/c26-19-8-3-18(4-9-19)16-29-15-1-2-24(29)23-14-12-21(25(30)31)22(28-23)13-7-17-5-10-20(27)11-6-17/h3-6,8-12,14,24H,1-2,7,13,15-16H2,(H,30,31)/t24-/m1/s1. The molecule has 0 spiro atoms. The lowest BCUT2D eigenvalue weighted by atomic mass is 10.0. The molecule has 1 fully saturated rings. The Labute approximate surface area is 186 Å². The molecule has 6 heteroatoms. The Kier molecular flexibility index (Phi) is 6.64. The van der Waals surface area contributed by atoms with Crippen molar-refractivity contribution >= 4 is 17.6 Å². The molecular weight excluding hydrogens is 415 g/mol. The van der Waals surface area contributed by atoms with Crippen LogP contribution in [0.25, 0.3) is 0 Å². The number of aromatic nitrogens is 1. The summed E-state index contributed by atoms with van der Waals surface area (Å²) < 4.78 is 13.2. The van der Waals surface area contributed by atoms with Crippen LogP contribution < -0.4 is 0 Å². The molecule has 0 saturated carbocycles. The van der Waals surface area contributed by atoms with Crippen molar-refractivity contribution in [1.82, 2.24) is 9.88 Å². The number of benzene rings is 2. The smallest absolute Gasteiger partial charge is 0.337 e. The van der Waals surface area contributed by atoms with Crippen LogP contribution in [-0.2, 0) is 19.4 Å². The van der Waals surface area contributed by atoms with Gasteiger partial charge in [0, 0.05) is 11.6 Å². The molecule has 2 aromatic carbocycles. The van der Waals surface area contributed by atoms with Crippen molar-refractivity contribution in [1.29, 1.82) is 0 Å². The Morgan fingerprint density at radius 1 is 1.03 bits per heavy atom. The van der Waals surface area contributed by atoms with Crippen LogP contribution in [0.2, 0.25) is 5.02 Å². The quantitative estimate of drug-likeness (QED) is 0.514. The Hall–Kier alpha value is -2.76. The number of rotatable bonds is 7. The van der Waals surface area contributed by atoms with Crippen molar-refractivity contribution in [3.8, 4) is 0 Å². The van der Waals surface area contributed by atoms with Gasteiger partial charge in [0.1, 0.15) is 5.82 Å². The number of carboxylic acid groups (broad SMARTS) is 1. The van der Waals surface area contributed by atoms with E-state index in [-0.39, 0.29) is 17.4 Å². The maximum absolute atomic E-state index is 13.2. The third-order valence-corrected chi connectivity index (χ3v) is 6.05. The predicted octanol–water partition coefficient (Wildman–Crippen LogP) is 5.69. The van der Waals surface area contributed by atoms with Crippen LogP contribution in [0.15, 0.2) is 60.7 Å². The second-order valence-corrected chi connectivity index (χ2v) is 8.35. The van der Waals surface area contributed by atoms with Crippen LogP contribution in [0.3, 0.4) is 0 Å². The lowest BCUT2D eigenvalue weighted by Gasteiger charge is -2.25. The highest BCUT2D eigenvalue weighted by Crippen LogP contribution is 2.33. The molecule has 1 N–H and O–H groups in total. The first-order valence-electron chi connectivity index (χ1n) is 10.5. The van der Waals surface area contributed by atoms with Gasteiger partial charge in [-0.2, -0.15) is 0 Å². The Morgan fingerprint density at radius 3 is 2.45 bits per heavy atom. The maximum Gasteiger partial charge on any atom is 0.337 e. The minimum absolute atomic E-state index is 0.156. The average molecular weight is 439 g/mol. The number of hydrogen-bond donors (Lipinski definition) is 1. The number of hydrogen-bond acceptors (Lipinski definition) is 3. The average Bonchev–Trinajstić information content (AvgIpc) is 3.23. The Bertz CT molecular complexity index is 1050. The largest absolute Gasteiger partial charge is 0.478 e. The van der Waals surface area contributed by atoms with E-state index in [9.17, 15) is 14.3 Å². The summed E-state index contributed by atoms with van der Waals surface area (Å²) in [4.78, 5) is 18.9. The molecule has 2 heterocycles. The van der Waals surface area contributed by atoms with Crippen LogP contribution in [0, 0.1) is 5.82 Å². The molecule has 0 aliphatic carbocycles. The molecule has 1 aliphatic rings. The molecule has 160 valence electrons. The summed E-state index contributed by atoms with van der Waals surface area (Å²) in [5.41, 5.74) is 3.86. The van der Waals surface area contributed by atoms with E-state index in [1.807, 2.05) is 30.3 Å². The van der Waals surface area contributed by atoms with Gasteiger partial charge in [-0.15, -0.1) is 0 Å². The third kappa shape index (κ3) is 5.30. The van der Waals surface area contributed by atoms with Crippen molar-refractivity contribution in [3.63, 3.8) is 0 Å². The first kappa shape index (κ1) is 21.5. The Balaban J connectivity index is 1.54. The Morgan fingerprint density at radius 2 is 1.74 bits per heavy atom. The molecule has 1 atom stereocenters. The van der Waals surface area contributed by atoms with Crippen molar-refractivity contribution in [2.45, 2.75) is 38.3 Å². The van der Waals surface area contributed by atoms with Crippen LogP contribution in [0.5, 0.6) is 0 Å². The fourth-order valence-corrected chi connectivity index (χ4v) is 4.30. The highest BCUT2D eigenvalue weighted by Gasteiger charge is 2.28. The molecule has 0 radical (unpaired) electrons. The van der Waals surface area contributed by atoms with Crippen LogP contribution >= 0.6 is 11.6 Å². The summed E-state index contributed by atoms with van der Waals surface area (Å²) in [6.45, 7) is 1.77. The van der Waals surface area contributed by atoms with Gasteiger partial charge in [-0.05, 0) is 79.8 Å². The summed E-state index contributed by atoms with van der Waals surface area (Å²) in [7, 11) is 0. The van der Waals surface area contributed by atoms with E-state index in [2.05, 4.69) is 4.90 Å². The molecule has 0 amide bonds. The molecule has 3 aromatic rings. The molecule has 0 bridgehead atoms. The number of aryl methyl sites for hydroxylation is 2. The van der Waals surface area contributed by atoms with Crippen LogP contribution in [0.4, 0.5) is 4.39 Å². The molecule has 31 heavy (non-hydrogen) atoms. The van der Waals surface area contributed by atoms with Gasteiger partial charge >= 0.3 is 5.97 Å². The number of pyridine rings is 1. The van der Waals surface area contributed by atoms with Gasteiger partial charge in [-0.1, -0.05) is 35.9 Å². The summed E-state index contributed by atoms with van der Waals surface area (Å²) in [5.74, 6) is -1.25. The van der Waals surface area contributed by atoms with Crippen LogP contribution in [-0.4, -0.2) is 27.5 Å². The van der Waals surface area contributed by atoms with Gasteiger partial charge in [-0.25, -0.2) is 9.18 Å². The second-order valence-electron chi connectivity index (χ2n) is 7.92. The van der Waals surface area contributed by atoms with Crippen molar-refractivity contribution < 1.29 is 14.3 Å². The topological polar surface area (TPSA) is 53.4 Å². The number of aromatic carboxylic acids is 1. The number of halogens is 2. The van der Waals surface area contributed by atoms with Gasteiger partial charge in [0.15, 0.2) is 0 Å². The van der Waals surface area contributed by atoms with Gasteiger partial charge in [0.2, 0.25) is 0 Å². The molecule has 1 aliphatic heterocycles. The maximum atomic E-state index is 13.2. The monoisotopic (exact) mass is 438 g/mol. The molecule has 4 rings (SSSR count). The summed E-state index contributed by atoms with van der Waals surface area (Å²) in [6.07, 6.45) is 3.16. The summed E-state index contributed by atoms with van der Waals surface area (Å²) in [6, 6.07) is 17.8. The summed E-state index contributed by atoms with van der Waals surface area (Å²) >= 11 is 6.00. The van der Waals surface area contributed by atoms with E-state index in [0.717, 1.165) is 42.2 Å². The minimum atomic E-state index is -0.974. The zero-order valence-electron chi connectivity index (χ0n) is 17.1. The van der Waals surface area contributed by atoms with E-state index in [1.54, 1.807) is 18.2 Å². The van der Waals surface area contributed by atoms with Gasteiger partial charge in [-0.3, -0.25) is 9.88 Å². The first-order valence-corrected chi connectivity index (χ1v) is 10.8. The van der Waals surface area contributed by atoms with E-state index in [1.165, 1.54) is 17.7 Å². The molecular formula is C25H24ClFN2O2. The fraction of sp³-hybridized carbons (Fsp3) is 0.280. The SMILES string of the molecule is O=C(O)c1ccc([C@H]2CCCN2Cc2ccc(Cl)cc2)nc1CCc1ccc(F)cc1. The van der Waals surface area contributed by atoms with E-state index < -0.39 is 5.97 Å². The van der Waals surface area contributed by atoms with Gasteiger partial charge < -0.3 is 5.11 Å². The summed E-state index contributed by atoms with van der Waals surface area (Å²) in [5, 5.41) is 10.3. The van der Waals surface area contributed by atoms with Crippen molar-refractivity contribution in [2.24, 2.45) is 0 Å². The zero-order valence-corrected chi connectivity index (χ0v) is 17.9. The van der Waals surface area contributed by atoms with Gasteiger partial charge in [0.05, 0.1) is 23.0 Å². The van der Waals surface area contributed by atoms with E-state index in [4.69, 9.17) is 16.6 Å². The normalized spacial score (nSPS) is 16.5. The number of nitrogens with zero attached hydrogens (tertiary/aromatic N) is 2. The highest BCUT2D eigenvalue weighted by molar-refractivity contribution is 6.30. The van der Waals surface area contributed by atoms with E-state index >= 15 is 0 Å². The lowest BCUT2D eigenvalue weighted by molar-refractivity contribution is 0.0695. The third-order valence-electron chi connectivity index (χ3n) is 5.79. The van der Waals surface area contributed by atoms with Crippen LogP contribution in [0.1, 0.15) is 51.8 Å². The van der Waals surface area contributed by atoms with Gasteiger partial charge in [0.25, 0.3) is 0 Å². The minimum Gasteiger partial charge on any atom is -0.478 e. The second kappa shape index (κ2) is 9.58. The van der Waals surface area contributed by atoms with Crippen molar-refractivity contribution in [3.05, 3.63) is 99.6 Å². The molecule has 0 unspecified atom stereocenters. The highest BCUT2D eigenvalue weighted by atomic mass is 35.5. The van der Waals surface area contributed by atoms with E-state index in [0.29, 0.717) is 18.5 Å². The van der Waals surface area contributed by atoms with Crippen molar-refractivity contribution in [2.75, 3.05) is 6.54 Å². The molecule has 1 aromatic heterocycles. The number of likely N-dealkylation sites (tertiary alicyclic amines) is 1. The molecule has 1 saturated heterocycles. The zero-order chi connectivity index (χ0) is 21.8. The number of carbonyl (C=O) groups is 1. The predicted molar refractivity (Wildman–Crippen MR) is 119 cm³/mol. The lowest BCUT2D eigenvalue weighted by Crippen LogP contribution is -2.24. The number of carboxylic acids is 1. The molecule has 4 nitrogen and oxygen atoms in total. The first-order chi connectivity index (χ1) is 15.0. The fourth-order valence-electron chi connectivity index (χ4n) is 4.18.